The van der Waals surface area contributed by atoms with E-state index in [1.807, 2.05) is 48.5 Å². The Bertz CT molecular complexity index is 850. The van der Waals surface area contributed by atoms with Crippen LogP contribution in [-0.4, -0.2) is 68.6 Å². The van der Waals surface area contributed by atoms with Gasteiger partial charge in [0, 0.05) is 33.7 Å². The number of carbonyl (C=O) groups excluding carboxylic acids is 2. The lowest BCUT2D eigenvalue weighted by Gasteiger charge is -2.39. The van der Waals surface area contributed by atoms with Gasteiger partial charge in [-0.1, -0.05) is 36.4 Å². The maximum atomic E-state index is 12.8. The monoisotopic (exact) mass is 396 g/mol. The van der Waals surface area contributed by atoms with Crippen LogP contribution in [0.2, 0.25) is 0 Å². The molecule has 2 amide bonds. The first kappa shape index (κ1) is 20.9. The molecular weight excluding hydrogens is 368 g/mol. The van der Waals surface area contributed by atoms with Crippen molar-refractivity contribution in [1.29, 1.82) is 0 Å². The summed E-state index contributed by atoms with van der Waals surface area (Å²) in [6.07, 6.45) is 0.791. The molecule has 0 aliphatic carbocycles. The van der Waals surface area contributed by atoms with Crippen LogP contribution < -0.4 is 4.74 Å². The van der Waals surface area contributed by atoms with Gasteiger partial charge in [0.05, 0.1) is 20.1 Å². The van der Waals surface area contributed by atoms with Gasteiger partial charge in [0.15, 0.2) is 0 Å². The van der Waals surface area contributed by atoms with E-state index >= 15 is 0 Å². The predicted molar refractivity (Wildman–Crippen MR) is 112 cm³/mol. The minimum absolute atomic E-state index is 0.0149. The van der Waals surface area contributed by atoms with Crippen molar-refractivity contribution in [3.63, 3.8) is 0 Å². The molecule has 154 valence electrons. The van der Waals surface area contributed by atoms with Gasteiger partial charge in [0.1, 0.15) is 11.8 Å². The summed E-state index contributed by atoms with van der Waals surface area (Å²) in [7, 11) is 5.02. The molecule has 2 aromatic rings. The van der Waals surface area contributed by atoms with E-state index in [-0.39, 0.29) is 11.8 Å². The molecule has 0 radical (unpaired) electrons. The maximum Gasteiger partial charge on any atom is 0.245 e. The number of amides is 2. The molecule has 1 fully saturated rings. The lowest BCUT2D eigenvalue weighted by atomic mass is 9.98. The summed E-state index contributed by atoms with van der Waals surface area (Å²) in [5.41, 5.74) is 3.17. The number of hydrogen-bond acceptors (Lipinski definition) is 4. The van der Waals surface area contributed by atoms with Gasteiger partial charge in [-0.2, -0.15) is 0 Å². The van der Waals surface area contributed by atoms with E-state index in [0.29, 0.717) is 32.5 Å². The number of carbonyl (C=O) groups is 2. The number of benzene rings is 2. The fourth-order valence-electron chi connectivity index (χ4n) is 3.60. The fraction of sp³-hybridized carbons (Fsp3) is 0.391. The molecule has 0 saturated carbocycles. The van der Waals surface area contributed by atoms with Gasteiger partial charge < -0.3 is 19.3 Å². The summed E-state index contributed by atoms with van der Waals surface area (Å²) in [6.45, 7) is 1.47. The topological polar surface area (TPSA) is 59.1 Å². The largest absolute Gasteiger partial charge is 0.497 e. The highest BCUT2D eigenvalue weighted by Gasteiger charge is 2.35. The van der Waals surface area contributed by atoms with Crippen LogP contribution in [0.3, 0.4) is 0 Å². The van der Waals surface area contributed by atoms with Crippen molar-refractivity contribution in [1.82, 2.24) is 9.80 Å². The maximum absolute atomic E-state index is 12.8. The van der Waals surface area contributed by atoms with Crippen LogP contribution in [0.15, 0.2) is 48.5 Å². The zero-order valence-electron chi connectivity index (χ0n) is 17.3. The summed E-state index contributed by atoms with van der Waals surface area (Å²) in [6, 6.07) is 15.6. The summed E-state index contributed by atoms with van der Waals surface area (Å²) in [5.74, 6) is 0.762. The molecule has 3 rings (SSSR count). The fourth-order valence-corrected chi connectivity index (χ4v) is 3.60. The highest BCUT2D eigenvalue weighted by Crippen LogP contribution is 2.25. The van der Waals surface area contributed by atoms with Crippen LogP contribution in [0, 0.1) is 0 Å². The number of rotatable bonds is 7. The van der Waals surface area contributed by atoms with Crippen molar-refractivity contribution >= 4 is 11.8 Å². The second kappa shape index (κ2) is 9.56. The second-order valence-electron chi connectivity index (χ2n) is 7.24. The van der Waals surface area contributed by atoms with Crippen molar-refractivity contribution in [2.45, 2.75) is 18.9 Å². The third-order valence-electron chi connectivity index (χ3n) is 5.34. The van der Waals surface area contributed by atoms with Crippen molar-refractivity contribution in [3.8, 4) is 16.9 Å². The number of piperazine rings is 1. The van der Waals surface area contributed by atoms with Crippen LogP contribution in [0.5, 0.6) is 5.75 Å². The molecule has 0 bridgehead atoms. The lowest BCUT2D eigenvalue weighted by molar-refractivity contribution is -0.150. The van der Waals surface area contributed by atoms with E-state index in [0.717, 1.165) is 22.4 Å². The SMILES string of the molecule is COCCC(=O)N1CCN(C)C(=O)[C@H]1Cc1ccc(-c2cccc(OC)c2)cc1. The molecule has 1 saturated heterocycles. The Morgan fingerprint density at radius 2 is 1.83 bits per heavy atom. The molecule has 1 aliphatic heterocycles. The molecule has 0 spiro atoms. The quantitative estimate of drug-likeness (QED) is 0.722. The average Bonchev–Trinajstić information content (AvgIpc) is 2.76. The molecule has 1 heterocycles. The third kappa shape index (κ3) is 4.95. The number of nitrogens with zero attached hydrogens (tertiary/aromatic N) is 2. The zero-order chi connectivity index (χ0) is 20.8. The number of hydrogen-bond donors (Lipinski definition) is 0. The van der Waals surface area contributed by atoms with E-state index in [1.54, 1.807) is 31.1 Å². The van der Waals surface area contributed by atoms with Gasteiger partial charge >= 0.3 is 0 Å². The van der Waals surface area contributed by atoms with Crippen LogP contribution in [0.4, 0.5) is 0 Å². The molecule has 1 aliphatic rings. The minimum atomic E-state index is -0.472. The Balaban J connectivity index is 1.76. The van der Waals surface area contributed by atoms with Crippen molar-refractivity contribution in [2.24, 2.45) is 0 Å². The Hall–Kier alpha value is -2.86. The molecule has 2 aromatic carbocycles. The smallest absolute Gasteiger partial charge is 0.245 e. The number of ether oxygens (including phenoxy) is 2. The normalized spacial score (nSPS) is 16.8. The van der Waals surface area contributed by atoms with Gasteiger partial charge in [-0.05, 0) is 28.8 Å². The standard InChI is InChI=1S/C23H28N2O4/c1-24-12-13-25(22(26)11-14-28-2)21(23(24)27)15-17-7-9-18(10-8-17)19-5-4-6-20(16-19)29-3/h4-10,16,21H,11-15H2,1-3H3/t21-/m1/s1. The van der Waals surface area contributed by atoms with Crippen LogP contribution in [0.25, 0.3) is 11.1 Å². The van der Waals surface area contributed by atoms with Crippen LogP contribution >= 0.6 is 0 Å². The van der Waals surface area contributed by atoms with Gasteiger partial charge in [-0.15, -0.1) is 0 Å². The average molecular weight is 396 g/mol. The molecule has 1 atom stereocenters. The van der Waals surface area contributed by atoms with Crippen molar-refractivity contribution < 1.29 is 19.1 Å². The van der Waals surface area contributed by atoms with Gasteiger partial charge in [0.2, 0.25) is 11.8 Å². The molecule has 6 heteroatoms. The van der Waals surface area contributed by atoms with E-state index in [2.05, 4.69) is 0 Å². The first-order valence-electron chi connectivity index (χ1n) is 9.80. The van der Waals surface area contributed by atoms with Gasteiger partial charge in [-0.3, -0.25) is 9.59 Å². The molecular formula is C23H28N2O4. The van der Waals surface area contributed by atoms with E-state index < -0.39 is 6.04 Å². The Morgan fingerprint density at radius 1 is 1.07 bits per heavy atom. The zero-order valence-corrected chi connectivity index (χ0v) is 17.3. The van der Waals surface area contributed by atoms with Crippen LogP contribution in [0.1, 0.15) is 12.0 Å². The Labute approximate surface area is 172 Å². The molecule has 6 nitrogen and oxygen atoms in total. The highest BCUT2D eigenvalue weighted by atomic mass is 16.5. The van der Waals surface area contributed by atoms with Crippen LogP contribution in [-0.2, 0) is 20.7 Å². The summed E-state index contributed by atoms with van der Waals surface area (Å²) in [5, 5.41) is 0. The third-order valence-corrected chi connectivity index (χ3v) is 5.34. The Morgan fingerprint density at radius 3 is 2.52 bits per heavy atom. The molecule has 29 heavy (non-hydrogen) atoms. The summed E-state index contributed by atoms with van der Waals surface area (Å²) < 4.78 is 10.3. The number of methoxy groups -OCH3 is 2. The van der Waals surface area contributed by atoms with E-state index in [9.17, 15) is 9.59 Å². The Kier molecular flexibility index (Phi) is 6.88. The van der Waals surface area contributed by atoms with Crippen molar-refractivity contribution in [3.05, 3.63) is 54.1 Å². The van der Waals surface area contributed by atoms with Gasteiger partial charge in [0.25, 0.3) is 0 Å². The molecule has 0 unspecified atom stereocenters. The molecule has 0 aromatic heterocycles. The first-order valence-corrected chi connectivity index (χ1v) is 9.80. The second-order valence-corrected chi connectivity index (χ2v) is 7.24. The van der Waals surface area contributed by atoms with Gasteiger partial charge in [-0.25, -0.2) is 0 Å². The predicted octanol–water partition coefficient (Wildman–Crippen LogP) is 2.61. The minimum Gasteiger partial charge on any atom is -0.497 e. The van der Waals surface area contributed by atoms with E-state index in [4.69, 9.17) is 9.47 Å². The molecule has 0 N–H and O–H groups in total. The number of likely N-dealkylation sites (N-methyl/N-ethyl adjacent to an activating group) is 1. The van der Waals surface area contributed by atoms with E-state index in [1.165, 1.54) is 0 Å². The first-order chi connectivity index (χ1) is 14.0. The summed E-state index contributed by atoms with van der Waals surface area (Å²) in [4.78, 5) is 28.7. The highest BCUT2D eigenvalue weighted by molar-refractivity contribution is 5.89. The lowest BCUT2D eigenvalue weighted by Crippen LogP contribution is -2.58. The summed E-state index contributed by atoms with van der Waals surface area (Å²) >= 11 is 0. The van der Waals surface area contributed by atoms with Crippen molar-refractivity contribution in [2.75, 3.05) is 41.0 Å².